The van der Waals surface area contributed by atoms with Crippen LogP contribution in [-0.2, 0) is 10.4 Å². The Balaban J connectivity index is 1.37. The molecule has 4 heteroatoms. The molecular weight excluding hydrogens is 420 g/mol. The number of carbonyl (C=O) groups is 1. The van der Waals surface area contributed by atoms with Crippen LogP contribution >= 0.6 is 0 Å². The molecule has 1 amide bonds. The van der Waals surface area contributed by atoms with Crippen molar-refractivity contribution >= 4 is 5.91 Å². The Hall–Kier alpha value is -1.91. The Morgan fingerprint density at radius 3 is 2.35 bits per heavy atom. The van der Waals surface area contributed by atoms with Gasteiger partial charge in [-0.15, -0.1) is 0 Å². The third-order valence-electron chi connectivity index (χ3n) is 8.33. The Kier molecular flexibility index (Phi) is 7.40. The normalized spacial score (nSPS) is 23.6. The number of allylic oxidation sites excluding steroid dienone is 3. The minimum Gasteiger partial charge on any atom is -0.375 e. The largest absolute Gasteiger partial charge is 0.375 e. The van der Waals surface area contributed by atoms with E-state index in [0.717, 1.165) is 81.2 Å². The van der Waals surface area contributed by atoms with Crippen molar-refractivity contribution in [2.45, 2.75) is 64.4 Å². The topological polar surface area (TPSA) is 40.5 Å². The monoisotopic (exact) mass is 465 g/mol. The van der Waals surface area contributed by atoms with Crippen molar-refractivity contribution in [3.63, 3.8) is 0 Å². The molecule has 1 atom stereocenters. The number of nitrogens with zero attached hydrogens (tertiary/aromatic N) is 2. The molecule has 1 unspecified atom stereocenters. The lowest BCUT2D eigenvalue weighted by atomic mass is 9.78. The zero-order valence-electron chi connectivity index (χ0n) is 21.8. The third kappa shape index (κ3) is 5.66. The molecule has 0 spiro atoms. The standard InChI is InChI=1S/C30H45N2O2/c1-29(2)18-10-11-25(21-29)23-32(3,4)22-24-16-19-31(20-17-24)28(33)30(34,27-14-8-9-15-27)26-12-6-5-7-13-26/h5-7,10-13,18,24,27,34H,8-9,14-17,19-23H2,1-4H3/q+1. The smallest absolute Gasteiger partial charge is 0.259 e. The Bertz CT molecular complexity index is 903. The van der Waals surface area contributed by atoms with Crippen LogP contribution in [0.3, 0.4) is 0 Å². The molecule has 1 saturated carbocycles. The maximum absolute atomic E-state index is 13.8. The number of rotatable bonds is 7. The summed E-state index contributed by atoms with van der Waals surface area (Å²) in [5.74, 6) is 0.570. The van der Waals surface area contributed by atoms with Crippen LogP contribution in [-0.4, -0.2) is 60.7 Å². The summed E-state index contributed by atoms with van der Waals surface area (Å²) in [6.07, 6.45) is 14.1. The van der Waals surface area contributed by atoms with Crippen molar-refractivity contribution in [1.29, 1.82) is 0 Å². The number of piperidine rings is 1. The molecule has 4 rings (SSSR count). The van der Waals surface area contributed by atoms with E-state index >= 15 is 0 Å². The van der Waals surface area contributed by atoms with E-state index in [2.05, 4.69) is 46.2 Å². The molecule has 1 aromatic carbocycles. The van der Waals surface area contributed by atoms with Crippen LogP contribution in [0.15, 0.2) is 54.1 Å². The number of hydrogen-bond donors (Lipinski definition) is 1. The maximum atomic E-state index is 13.8. The van der Waals surface area contributed by atoms with Crippen molar-refractivity contribution < 1.29 is 14.4 Å². The average Bonchev–Trinajstić information content (AvgIpc) is 3.33. The molecule has 3 aliphatic rings. The Morgan fingerprint density at radius 1 is 1.09 bits per heavy atom. The first kappa shape index (κ1) is 25.2. The summed E-state index contributed by atoms with van der Waals surface area (Å²) < 4.78 is 0.990. The molecule has 2 aliphatic carbocycles. The predicted octanol–water partition coefficient (Wildman–Crippen LogP) is 5.29. The summed E-state index contributed by atoms with van der Waals surface area (Å²) in [7, 11) is 4.69. The second-order valence-corrected chi connectivity index (χ2v) is 12.5. The van der Waals surface area contributed by atoms with E-state index in [1.165, 1.54) is 5.57 Å². The molecular formula is C30H45N2O2+. The van der Waals surface area contributed by atoms with Crippen LogP contribution < -0.4 is 0 Å². The SMILES string of the molecule is CC1(C)C=CC=C(C[N+](C)(C)CC2CCN(C(=O)C(O)(c3ccccc3)C3CCCC3)CC2)C1. The van der Waals surface area contributed by atoms with E-state index in [1.54, 1.807) is 0 Å². The highest BCUT2D eigenvalue weighted by Crippen LogP contribution is 2.42. The molecule has 34 heavy (non-hydrogen) atoms. The molecule has 0 bridgehead atoms. The zero-order valence-corrected chi connectivity index (χ0v) is 21.8. The van der Waals surface area contributed by atoms with Crippen molar-refractivity contribution in [3.05, 3.63) is 59.7 Å². The molecule has 2 fully saturated rings. The van der Waals surface area contributed by atoms with Crippen LogP contribution in [0.4, 0.5) is 0 Å². The number of quaternary nitrogens is 1. The van der Waals surface area contributed by atoms with Crippen molar-refractivity contribution in [1.82, 2.24) is 4.90 Å². The summed E-state index contributed by atoms with van der Waals surface area (Å²) in [5, 5.41) is 11.9. The predicted molar refractivity (Wildman–Crippen MR) is 139 cm³/mol. The molecule has 4 nitrogen and oxygen atoms in total. The highest BCUT2D eigenvalue weighted by Gasteiger charge is 2.48. The number of likely N-dealkylation sites (N-methyl/N-ethyl adjacent to an activating group) is 1. The van der Waals surface area contributed by atoms with Gasteiger partial charge in [-0.25, -0.2) is 0 Å². The number of carbonyl (C=O) groups excluding carboxylic acids is 1. The highest BCUT2D eigenvalue weighted by atomic mass is 16.3. The first-order valence-electron chi connectivity index (χ1n) is 13.4. The first-order valence-corrected chi connectivity index (χ1v) is 13.4. The van der Waals surface area contributed by atoms with Gasteiger partial charge in [-0.1, -0.05) is 75.2 Å². The van der Waals surface area contributed by atoms with Crippen LogP contribution in [0, 0.1) is 17.3 Å². The summed E-state index contributed by atoms with van der Waals surface area (Å²) in [5.41, 5.74) is 1.18. The van der Waals surface area contributed by atoms with Crippen molar-refractivity contribution in [2.24, 2.45) is 17.3 Å². The molecule has 1 N–H and O–H groups in total. The van der Waals surface area contributed by atoms with Gasteiger partial charge in [-0.2, -0.15) is 0 Å². The van der Waals surface area contributed by atoms with Gasteiger partial charge in [0.1, 0.15) is 6.54 Å². The number of hydrogen-bond acceptors (Lipinski definition) is 2. The minimum absolute atomic E-state index is 0.0257. The highest BCUT2D eigenvalue weighted by molar-refractivity contribution is 5.87. The molecule has 0 aromatic heterocycles. The van der Waals surface area contributed by atoms with E-state index in [-0.39, 0.29) is 17.2 Å². The van der Waals surface area contributed by atoms with Gasteiger partial charge in [0.25, 0.3) is 5.91 Å². The average molecular weight is 466 g/mol. The van der Waals surface area contributed by atoms with Gasteiger partial charge in [-0.3, -0.25) is 4.79 Å². The van der Waals surface area contributed by atoms with Gasteiger partial charge >= 0.3 is 0 Å². The van der Waals surface area contributed by atoms with Crippen molar-refractivity contribution in [2.75, 3.05) is 40.3 Å². The van der Waals surface area contributed by atoms with E-state index < -0.39 is 5.60 Å². The fourth-order valence-electron chi connectivity index (χ4n) is 6.70. The Morgan fingerprint density at radius 2 is 1.74 bits per heavy atom. The van der Waals surface area contributed by atoms with Crippen LogP contribution in [0.2, 0.25) is 0 Å². The van der Waals surface area contributed by atoms with Crippen LogP contribution in [0.1, 0.15) is 64.4 Å². The van der Waals surface area contributed by atoms with Crippen molar-refractivity contribution in [3.8, 4) is 0 Å². The summed E-state index contributed by atoms with van der Waals surface area (Å²) in [6, 6.07) is 9.69. The Labute approximate surface area is 206 Å². The quantitative estimate of drug-likeness (QED) is 0.556. The maximum Gasteiger partial charge on any atom is 0.259 e. The van der Waals surface area contributed by atoms with Gasteiger partial charge in [-0.05, 0) is 48.7 Å². The lowest BCUT2D eigenvalue weighted by Crippen LogP contribution is -2.54. The van der Waals surface area contributed by atoms with Gasteiger partial charge in [0, 0.05) is 24.9 Å². The fourth-order valence-corrected chi connectivity index (χ4v) is 6.70. The lowest BCUT2D eigenvalue weighted by molar-refractivity contribution is -0.889. The second-order valence-electron chi connectivity index (χ2n) is 12.5. The van der Waals surface area contributed by atoms with Crippen LogP contribution in [0.25, 0.3) is 0 Å². The van der Waals surface area contributed by atoms with E-state index in [1.807, 2.05) is 35.2 Å². The molecule has 1 aliphatic heterocycles. The van der Waals surface area contributed by atoms with Gasteiger partial charge in [0.05, 0.1) is 20.6 Å². The van der Waals surface area contributed by atoms with Gasteiger partial charge < -0.3 is 14.5 Å². The molecule has 1 aromatic rings. The molecule has 0 radical (unpaired) electrons. The van der Waals surface area contributed by atoms with E-state index in [9.17, 15) is 9.90 Å². The summed E-state index contributed by atoms with van der Waals surface area (Å²) in [6.45, 7) is 8.35. The fraction of sp³-hybridized carbons (Fsp3) is 0.633. The second kappa shape index (κ2) is 9.99. The van der Waals surface area contributed by atoms with E-state index in [0.29, 0.717) is 5.92 Å². The minimum atomic E-state index is -1.38. The molecule has 1 heterocycles. The number of amides is 1. The first-order chi connectivity index (χ1) is 16.1. The van der Waals surface area contributed by atoms with Crippen LogP contribution in [0.5, 0.6) is 0 Å². The molecule has 1 saturated heterocycles. The number of likely N-dealkylation sites (tertiary alicyclic amines) is 1. The zero-order chi connectivity index (χ0) is 24.4. The van der Waals surface area contributed by atoms with Gasteiger partial charge in [0.15, 0.2) is 5.60 Å². The van der Waals surface area contributed by atoms with Gasteiger partial charge in [0.2, 0.25) is 0 Å². The lowest BCUT2D eigenvalue weighted by Gasteiger charge is -2.42. The number of benzene rings is 1. The van der Waals surface area contributed by atoms with E-state index in [4.69, 9.17) is 0 Å². The number of aliphatic hydroxyl groups is 1. The summed E-state index contributed by atoms with van der Waals surface area (Å²) >= 11 is 0. The molecule has 186 valence electrons. The third-order valence-corrected chi connectivity index (χ3v) is 8.33. The summed E-state index contributed by atoms with van der Waals surface area (Å²) in [4.78, 5) is 15.7.